The zero-order chi connectivity index (χ0) is 13.1. The van der Waals surface area contributed by atoms with Crippen molar-refractivity contribution in [2.45, 2.75) is 51.0 Å². The third-order valence-corrected chi connectivity index (χ3v) is 4.43. The summed E-state index contributed by atoms with van der Waals surface area (Å²) in [6.45, 7) is 1.08. The first-order valence-corrected chi connectivity index (χ1v) is 7.56. The van der Waals surface area contributed by atoms with Gasteiger partial charge < -0.3 is 10.4 Å². The highest BCUT2D eigenvalue weighted by Gasteiger charge is 2.21. The van der Waals surface area contributed by atoms with E-state index < -0.39 is 0 Å². The van der Waals surface area contributed by atoms with Gasteiger partial charge >= 0.3 is 0 Å². The average molecular weight is 257 g/mol. The Morgan fingerprint density at radius 2 is 2.16 bits per heavy atom. The van der Waals surface area contributed by atoms with Crippen molar-refractivity contribution in [2.75, 3.05) is 6.54 Å². The number of phenols is 1. The van der Waals surface area contributed by atoms with Crippen molar-refractivity contribution in [1.82, 2.24) is 5.32 Å². The van der Waals surface area contributed by atoms with Crippen molar-refractivity contribution < 1.29 is 5.11 Å². The largest absolute Gasteiger partial charge is 0.508 e. The van der Waals surface area contributed by atoms with Crippen molar-refractivity contribution >= 4 is 0 Å². The van der Waals surface area contributed by atoms with E-state index in [9.17, 15) is 5.11 Å². The zero-order valence-corrected chi connectivity index (χ0v) is 11.5. The summed E-state index contributed by atoms with van der Waals surface area (Å²) in [5.41, 5.74) is 4.34. The van der Waals surface area contributed by atoms with Crippen molar-refractivity contribution in [3.8, 4) is 5.75 Å². The van der Waals surface area contributed by atoms with E-state index in [0.717, 1.165) is 19.4 Å². The zero-order valence-electron chi connectivity index (χ0n) is 11.5. The molecule has 2 heteroatoms. The van der Waals surface area contributed by atoms with Crippen LogP contribution in [0.3, 0.4) is 0 Å². The first-order valence-electron chi connectivity index (χ1n) is 7.56. The summed E-state index contributed by atoms with van der Waals surface area (Å²) in [5.74, 6) is 0.395. The molecule has 19 heavy (non-hydrogen) atoms. The van der Waals surface area contributed by atoms with Crippen LogP contribution < -0.4 is 5.32 Å². The summed E-state index contributed by atoms with van der Waals surface area (Å²) in [7, 11) is 0. The molecule has 3 rings (SSSR count). The van der Waals surface area contributed by atoms with Gasteiger partial charge in [-0.25, -0.2) is 0 Å². The van der Waals surface area contributed by atoms with Gasteiger partial charge in [0.15, 0.2) is 0 Å². The number of allylic oxidation sites excluding steroid dienone is 1. The minimum atomic E-state index is 0.395. The lowest BCUT2D eigenvalue weighted by molar-refractivity contribution is 0.474. The summed E-state index contributed by atoms with van der Waals surface area (Å²) in [6, 6.07) is 6.29. The van der Waals surface area contributed by atoms with Crippen LogP contribution in [-0.2, 0) is 6.42 Å². The van der Waals surface area contributed by atoms with Gasteiger partial charge in [-0.2, -0.15) is 0 Å². The van der Waals surface area contributed by atoms with Crippen LogP contribution >= 0.6 is 0 Å². The summed E-state index contributed by atoms with van der Waals surface area (Å²) in [4.78, 5) is 0. The summed E-state index contributed by atoms with van der Waals surface area (Å²) in [6.07, 6.45) is 11.2. The van der Waals surface area contributed by atoms with Crippen LogP contribution in [0.1, 0.15) is 55.7 Å². The number of fused-ring (bicyclic) bond motifs is 1. The third-order valence-electron chi connectivity index (χ3n) is 4.43. The van der Waals surface area contributed by atoms with Crippen molar-refractivity contribution in [1.29, 1.82) is 0 Å². The van der Waals surface area contributed by atoms with Gasteiger partial charge in [-0.05, 0) is 74.8 Å². The topological polar surface area (TPSA) is 32.3 Å². The number of aryl methyl sites for hydroxylation is 1. The Bertz CT molecular complexity index is 478. The molecule has 0 heterocycles. The Hall–Kier alpha value is -1.28. The quantitative estimate of drug-likeness (QED) is 0.803. The van der Waals surface area contributed by atoms with Gasteiger partial charge in [0.25, 0.3) is 0 Å². The second-order valence-electron chi connectivity index (χ2n) is 5.79. The lowest BCUT2D eigenvalue weighted by Crippen LogP contribution is -2.21. The van der Waals surface area contributed by atoms with E-state index >= 15 is 0 Å². The number of benzene rings is 1. The Balaban J connectivity index is 1.53. The molecule has 0 saturated heterocycles. The molecular weight excluding hydrogens is 234 g/mol. The molecular formula is C17H23NO. The molecule has 0 spiro atoms. The Morgan fingerprint density at radius 1 is 1.21 bits per heavy atom. The molecule has 2 aliphatic rings. The van der Waals surface area contributed by atoms with Crippen LogP contribution in [0.25, 0.3) is 0 Å². The molecule has 102 valence electrons. The highest BCUT2D eigenvalue weighted by atomic mass is 16.3. The van der Waals surface area contributed by atoms with Gasteiger partial charge in [-0.15, -0.1) is 0 Å². The Morgan fingerprint density at radius 3 is 3.00 bits per heavy atom. The van der Waals surface area contributed by atoms with E-state index in [-0.39, 0.29) is 0 Å². The van der Waals surface area contributed by atoms with Gasteiger partial charge in [0, 0.05) is 6.04 Å². The monoisotopic (exact) mass is 257 g/mol. The molecule has 0 amide bonds. The first-order chi connectivity index (χ1) is 9.33. The number of phenolic OH excluding ortho intramolecular Hbond substituents is 1. The fraction of sp³-hybridized carbons (Fsp3) is 0.529. The maximum Gasteiger partial charge on any atom is 0.115 e. The molecule has 0 aromatic heterocycles. The second-order valence-corrected chi connectivity index (χ2v) is 5.79. The van der Waals surface area contributed by atoms with E-state index in [2.05, 4.69) is 17.5 Å². The SMILES string of the molecule is Oc1ccc2c(c1)CCC2NCCC1=CCCCC1. The van der Waals surface area contributed by atoms with Crippen LogP contribution in [0.15, 0.2) is 29.8 Å². The van der Waals surface area contributed by atoms with Gasteiger partial charge in [-0.1, -0.05) is 17.7 Å². The van der Waals surface area contributed by atoms with Crippen LogP contribution in [-0.4, -0.2) is 11.7 Å². The molecule has 0 aliphatic heterocycles. The van der Waals surface area contributed by atoms with Crippen molar-refractivity contribution in [3.05, 3.63) is 41.0 Å². The van der Waals surface area contributed by atoms with E-state index in [1.165, 1.54) is 43.2 Å². The lowest BCUT2D eigenvalue weighted by Gasteiger charge is -2.17. The van der Waals surface area contributed by atoms with Crippen LogP contribution in [0.2, 0.25) is 0 Å². The normalized spacial score (nSPS) is 22.1. The predicted octanol–water partition coefficient (Wildman–Crippen LogP) is 3.86. The summed E-state index contributed by atoms with van der Waals surface area (Å²) in [5, 5.41) is 13.2. The van der Waals surface area contributed by atoms with Crippen LogP contribution in [0.4, 0.5) is 0 Å². The van der Waals surface area contributed by atoms with Crippen LogP contribution in [0, 0.1) is 0 Å². The van der Waals surface area contributed by atoms with E-state index in [4.69, 9.17) is 0 Å². The molecule has 0 bridgehead atoms. The van der Waals surface area contributed by atoms with E-state index in [1.807, 2.05) is 12.1 Å². The predicted molar refractivity (Wildman–Crippen MR) is 78.3 cm³/mol. The van der Waals surface area contributed by atoms with Gasteiger partial charge in [0.1, 0.15) is 5.75 Å². The molecule has 1 aromatic rings. The number of hydrogen-bond donors (Lipinski definition) is 2. The van der Waals surface area contributed by atoms with Gasteiger partial charge in [0.05, 0.1) is 0 Å². The molecule has 0 saturated carbocycles. The lowest BCUT2D eigenvalue weighted by atomic mass is 9.97. The molecule has 2 aliphatic carbocycles. The average Bonchev–Trinajstić information content (AvgIpc) is 2.82. The molecule has 2 nitrogen and oxygen atoms in total. The smallest absolute Gasteiger partial charge is 0.115 e. The van der Waals surface area contributed by atoms with Crippen LogP contribution in [0.5, 0.6) is 5.75 Å². The molecule has 0 fully saturated rings. The number of nitrogens with one attached hydrogen (secondary N) is 1. The molecule has 2 N–H and O–H groups in total. The second kappa shape index (κ2) is 5.79. The number of hydrogen-bond acceptors (Lipinski definition) is 2. The van der Waals surface area contributed by atoms with Gasteiger partial charge in [-0.3, -0.25) is 0 Å². The molecule has 1 aromatic carbocycles. The highest BCUT2D eigenvalue weighted by molar-refractivity contribution is 5.40. The van der Waals surface area contributed by atoms with E-state index in [0.29, 0.717) is 11.8 Å². The van der Waals surface area contributed by atoms with Gasteiger partial charge in [0.2, 0.25) is 0 Å². The highest BCUT2D eigenvalue weighted by Crippen LogP contribution is 2.33. The number of rotatable bonds is 4. The third kappa shape index (κ3) is 3.01. The molecule has 1 unspecified atom stereocenters. The minimum Gasteiger partial charge on any atom is -0.508 e. The number of aromatic hydroxyl groups is 1. The molecule has 1 atom stereocenters. The summed E-state index contributed by atoms with van der Waals surface area (Å²) < 4.78 is 0. The first kappa shape index (κ1) is 12.7. The minimum absolute atomic E-state index is 0.395. The Labute approximate surface area is 115 Å². The Kier molecular flexibility index (Phi) is 3.88. The fourth-order valence-corrected chi connectivity index (χ4v) is 3.35. The van der Waals surface area contributed by atoms with Crippen molar-refractivity contribution in [2.24, 2.45) is 0 Å². The summed E-state index contributed by atoms with van der Waals surface area (Å²) >= 11 is 0. The maximum atomic E-state index is 9.50. The maximum absolute atomic E-state index is 9.50. The standard InChI is InChI=1S/C17H23NO/c19-15-7-8-16-14(12-15)6-9-17(16)18-11-10-13-4-2-1-3-5-13/h4,7-8,12,17-19H,1-3,5-6,9-11H2. The van der Waals surface area contributed by atoms with Crippen molar-refractivity contribution in [3.63, 3.8) is 0 Å². The fourth-order valence-electron chi connectivity index (χ4n) is 3.35. The molecule has 0 radical (unpaired) electrons. The van der Waals surface area contributed by atoms with E-state index in [1.54, 1.807) is 5.57 Å².